The zero-order chi connectivity index (χ0) is 13.0. The standard InChI is InChI=1S/C14H16N2O2/c1-3-12-13(5-4-10(2)16-12)18-14-8-11(9-17)6-7-15-14/h4-8,17H,3,9H2,1-2H3. The lowest BCUT2D eigenvalue weighted by atomic mass is 10.2. The molecule has 0 saturated heterocycles. The van der Waals surface area contributed by atoms with E-state index in [2.05, 4.69) is 9.97 Å². The highest BCUT2D eigenvalue weighted by molar-refractivity contribution is 5.33. The van der Waals surface area contributed by atoms with Gasteiger partial charge < -0.3 is 9.84 Å². The molecule has 2 heterocycles. The summed E-state index contributed by atoms with van der Waals surface area (Å²) in [5.74, 6) is 1.19. The third-order valence-electron chi connectivity index (χ3n) is 2.60. The highest BCUT2D eigenvalue weighted by Crippen LogP contribution is 2.23. The van der Waals surface area contributed by atoms with Gasteiger partial charge in [0.25, 0.3) is 0 Å². The Balaban J connectivity index is 2.27. The molecule has 0 aliphatic rings. The number of pyridine rings is 2. The molecule has 0 fully saturated rings. The van der Waals surface area contributed by atoms with Crippen molar-refractivity contribution in [3.05, 3.63) is 47.4 Å². The van der Waals surface area contributed by atoms with E-state index in [4.69, 9.17) is 9.84 Å². The fraction of sp³-hybridized carbons (Fsp3) is 0.286. The van der Waals surface area contributed by atoms with E-state index in [0.29, 0.717) is 11.6 Å². The minimum absolute atomic E-state index is 0.0222. The SMILES string of the molecule is CCc1nc(C)ccc1Oc1cc(CO)ccn1. The summed E-state index contributed by atoms with van der Waals surface area (Å²) in [6.07, 6.45) is 2.42. The first-order valence-electron chi connectivity index (χ1n) is 5.93. The molecular weight excluding hydrogens is 228 g/mol. The summed E-state index contributed by atoms with van der Waals surface area (Å²) in [5.41, 5.74) is 2.65. The molecule has 4 nitrogen and oxygen atoms in total. The molecule has 0 atom stereocenters. The molecule has 0 aliphatic heterocycles. The Labute approximate surface area is 106 Å². The van der Waals surface area contributed by atoms with E-state index in [1.807, 2.05) is 26.0 Å². The van der Waals surface area contributed by atoms with E-state index in [9.17, 15) is 0 Å². The van der Waals surface area contributed by atoms with Crippen molar-refractivity contribution in [3.8, 4) is 11.6 Å². The van der Waals surface area contributed by atoms with Gasteiger partial charge in [0.1, 0.15) is 0 Å². The van der Waals surface area contributed by atoms with Crippen LogP contribution in [0.1, 0.15) is 23.9 Å². The summed E-state index contributed by atoms with van der Waals surface area (Å²) in [6.45, 7) is 3.96. The summed E-state index contributed by atoms with van der Waals surface area (Å²) in [5, 5.41) is 9.07. The molecule has 0 aromatic carbocycles. The van der Waals surface area contributed by atoms with E-state index in [1.165, 1.54) is 0 Å². The van der Waals surface area contributed by atoms with Gasteiger partial charge >= 0.3 is 0 Å². The number of aromatic nitrogens is 2. The van der Waals surface area contributed by atoms with Crippen molar-refractivity contribution in [2.24, 2.45) is 0 Å². The Bertz CT molecular complexity index is 541. The second kappa shape index (κ2) is 5.60. The molecule has 0 aliphatic carbocycles. The summed E-state index contributed by atoms with van der Waals surface area (Å²) < 4.78 is 5.71. The molecule has 0 amide bonds. The smallest absolute Gasteiger partial charge is 0.219 e. The van der Waals surface area contributed by atoms with Gasteiger partial charge in [0.2, 0.25) is 5.88 Å². The first-order valence-corrected chi connectivity index (χ1v) is 5.93. The van der Waals surface area contributed by atoms with Crippen LogP contribution in [0.5, 0.6) is 11.6 Å². The highest BCUT2D eigenvalue weighted by Gasteiger charge is 2.06. The van der Waals surface area contributed by atoms with Crippen molar-refractivity contribution < 1.29 is 9.84 Å². The molecule has 4 heteroatoms. The molecule has 0 unspecified atom stereocenters. The van der Waals surface area contributed by atoms with Crippen LogP contribution < -0.4 is 4.74 Å². The van der Waals surface area contributed by atoms with Crippen molar-refractivity contribution in [1.29, 1.82) is 0 Å². The third-order valence-corrected chi connectivity index (χ3v) is 2.60. The number of ether oxygens (including phenoxy) is 1. The van der Waals surface area contributed by atoms with Crippen molar-refractivity contribution in [2.45, 2.75) is 26.9 Å². The maximum absolute atomic E-state index is 9.07. The molecule has 2 aromatic heterocycles. The predicted octanol–water partition coefficient (Wildman–Crippen LogP) is 2.63. The van der Waals surface area contributed by atoms with Crippen molar-refractivity contribution in [3.63, 3.8) is 0 Å². The number of aliphatic hydroxyl groups excluding tert-OH is 1. The minimum Gasteiger partial charge on any atom is -0.437 e. The van der Waals surface area contributed by atoms with E-state index in [-0.39, 0.29) is 6.61 Å². The van der Waals surface area contributed by atoms with Gasteiger partial charge in [-0.1, -0.05) is 6.92 Å². The van der Waals surface area contributed by atoms with Gasteiger partial charge in [-0.05, 0) is 37.1 Å². The Kier molecular flexibility index (Phi) is 3.89. The lowest BCUT2D eigenvalue weighted by Crippen LogP contribution is -1.97. The Morgan fingerprint density at radius 2 is 2.11 bits per heavy atom. The molecule has 94 valence electrons. The first kappa shape index (κ1) is 12.5. The molecule has 18 heavy (non-hydrogen) atoms. The van der Waals surface area contributed by atoms with Crippen LogP contribution in [0, 0.1) is 6.92 Å². The predicted molar refractivity (Wildman–Crippen MR) is 68.6 cm³/mol. The minimum atomic E-state index is -0.0222. The average Bonchev–Trinajstić information content (AvgIpc) is 2.41. The zero-order valence-corrected chi connectivity index (χ0v) is 10.6. The van der Waals surface area contributed by atoms with Crippen LogP contribution >= 0.6 is 0 Å². The Morgan fingerprint density at radius 1 is 1.28 bits per heavy atom. The number of rotatable bonds is 4. The quantitative estimate of drug-likeness (QED) is 0.898. The summed E-state index contributed by atoms with van der Waals surface area (Å²) in [6, 6.07) is 7.28. The average molecular weight is 244 g/mol. The van der Waals surface area contributed by atoms with Crippen LogP contribution in [0.25, 0.3) is 0 Å². The zero-order valence-electron chi connectivity index (χ0n) is 10.6. The number of hydrogen-bond donors (Lipinski definition) is 1. The molecule has 2 rings (SSSR count). The highest BCUT2D eigenvalue weighted by atomic mass is 16.5. The fourth-order valence-corrected chi connectivity index (χ4v) is 1.66. The van der Waals surface area contributed by atoms with Crippen LogP contribution in [0.15, 0.2) is 30.5 Å². The number of hydrogen-bond acceptors (Lipinski definition) is 4. The Hall–Kier alpha value is -1.94. The topological polar surface area (TPSA) is 55.2 Å². The lowest BCUT2D eigenvalue weighted by Gasteiger charge is -2.09. The van der Waals surface area contributed by atoms with Gasteiger partial charge in [0.05, 0.1) is 12.3 Å². The largest absolute Gasteiger partial charge is 0.437 e. The van der Waals surface area contributed by atoms with Gasteiger partial charge in [-0.2, -0.15) is 0 Å². The molecule has 0 spiro atoms. The molecule has 2 aromatic rings. The van der Waals surface area contributed by atoms with Crippen molar-refractivity contribution in [2.75, 3.05) is 0 Å². The summed E-state index contributed by atoms with van der Waals surface area (Å²) >= 11 is 0. The van der Waals surface area contributed by atoms with Gasteiger partial charge in [-0.15, -0.1) is 0 Å². The van der Waals surface area contributed by atoms with Crippen LogP contribution in [0.3, 0.4) is 0 Å². The number of aryl methyl sites for hydroxylation is 2. The van der Waals surface area contributed by atoms with E-state index in [0.717, 1.165) is 23.4 Å². The molecule has 0 saturated carbocycles. The monoisotopic (exact) mass is 244 g/mol. The van der Waals surface area contributed by atoms with Gasteiger partial charge in [-0.3, -0.25) is 4.98 Å². The Morgan fingerprint density at radius 3 is 2.83 bits per heavy atom. The van der Waals surface area contributed by atoms with Crippen LogP contribution in [0.4, 0.5) is 0 Å². The van der Waals surface area contributed by atoms with Crippen LogP contribution in [-0.2, 0) is 13.0 Å². The lowest BCUT2D eigenvalue weighted by molar-refractivity contribution is 0.281. The second-order valence-electron chi connectivity index (χ2n) is 4.01. The number of nitrogens with zero attached hydrogens (tertiary/aromatic N) is 2. The van der Waals surface area contributed by atoms with Crippen molar-refractivity contribution >= 4 is 0 Å². The maximum Gasteiger partial charge on any atom is 0.219 e. The summed E-state index contributed by atoms with van der Waals surface area (Å²) in [7, 11) is 0. The fourth-order valence-electron chi connectivity index (χ4n) is 1.66. The molecule has 1 N–H and O–H groups in total. The summed E-state index contributed by atoms with van der Waals surface area (Å²) in [4.78, 5) is 8.55. The number of aliphatic hydroxyl groups is 1. The van der Waals surface area contributed by atoms with Crippen molar-refractivity contribution in [1.82, 2.24) is 9.97 Å². The first-order chi connectivity index (χ1) is 8.72. The van der Waals surface area contributed by atoms with E-state index >= 15 is 0 Å². The third kappa shape index (κ3) is 2.84. The maximum atomic E-state index is 9.07. The normalized spacial score (nSPS) is 10.4. The second-order valence-corrected chi connectivity index (χ2v) is 4.01. The van der Waals surface area contributed by atoms with Crippen LogP contribution in [0.2, 0.25) is 0 Å². The van der Waals surface area contributed by atoms with Gasteiger partial charge in [0, 0.05) is 18.0 Å². The van der Waals surface area contributed by atoms with Gasteiger partial charge in [-0.25, -0.2) is 4.98 Å². The molecular formula is C14H16N2O2. The molecule has 0 bridgehead atoms. The molecule has 0 radical (unpaired) electrons. The van der Waals surface area contributed by atoms with E-state index in [1.54, 1.807) is 18.3 Å². The van der Waals surface area contributed by atoms with Crippen LogP contribution in [-0.4, -0.2) is 15.1 Å². The van der Waals surface area contributed by atoms with Gasteiger partial charge in [0.15, 0.2) is 5.75 Å². The van der Waals surface area contributed by atoms with E-state index < -0.39 is 0 Å².